The molecule has 0 fully saturated rings. The largest absolute Gasteiger partial charge is 0.494 e. The maximum absolute atomic E-state index is 13.4. The van der Waals surface area contributed by atoms with E-state index in [2.05, 4.69) is 26.1 Å². The van der Waals surface area contributed by atoms with Crippen LogP contribution in [0.3, 0.4) is 0 Å². The minimum Gasteiger partial charge on any atom is -0.494 e. The van der Waals surface area contributed by atoms with Crippen LogP contribution in [0, 0.1) is 0 Å². The monoisotopic (exact) mass is 669 g/mol. The molecule has 4 rings (SSSR count). The summed E-state index contributed by atoms with van der Waals surface area (Å²) in [6, 6.07) is 11.8. The first kappa shape index (κ1) is 34.5. The summed E-state index contributed by atoms with van der Waals surface area (Å²) < 4.78 is 56.4. The number of Topliss-reactive ketones (excluding diaryl/α,β-unsaturated/α-hetero) is 1. The number of hydrogen-bond donors (Lipinski definition) is 5. The second-order valence-electron chi connectivity index (χ2n) is 9.57. The molecule has 1 aliphatic rings. The third kappa shape index (κ3) is 8.47. The molecule has 1 aliphatic carbocycles. The van der Waals surface area contributed by atoms with Gasteiger partial charge in [-0.2, -0.15) is 13.5 Å². The number of azo groups is 1. The molecule has 1 amide bonds. The molecule has 16 nitrogen and oxygen atoms in total. The van der Waals surface area contributed by atoms with E-state index in [4.69, 9.17) is 24.1 Å². The number of ether oxygens (including phenoxy) is 4. The highest BCUT2D eigenvalue weighted by Gasteiger charge is 2.33. The number of benzene rings is 3. The molecule has 0 aromatic heterocycles. The molecule has 0 saturated carbocycles. The van der Waals surface area contributed by atoms with Crippen molar-refractivity contribution < 1.29 is 51.7 Å². The summed E-state index contributed by atoms with van der Waals surface area (Å²) in [6.07, 6.45) is 1.06. The Morgan fingerprint density at radius 3 is 2.21 bits per heavy atom. The quantitative estimate of drug-likeness (QED) is 0.0940. The van der Waals surface area contributed by atoms with Crippen molar-refractivity contribution in [3.05, 3.63) is 64.6 Å². The number of aliphatic hydroxyl groups is 2. The number of anilines is 2. The Hall–Kier alpha value is -5.36. The number of aliphatic hydroxyl groups excluding tert-OH is 2. The first-order chi connectivity index (χ1) is 22.5. The fourth-order valence-corrected chi connectivity index (χ4v) is 4.95. The second kappa shape index (κ2) is 15.3. The van der Waals surface area contributed by atoms with Crippen LogP contribution in [0.25, 0.3) is 6.08 Å². The standard InChI is InChI=1S/C30H31N5O11S/c1-17(38)31-19-4-6-21-18(12-19)13-28(47(40,41)42)29(30(21)39)35-34-24-15-26(44-3)23(16-27(24)46-11-9-37)33-32-22-7-5-20(45-10-8-36)14-25(22)43-2/h4-7,12-16,34,36-37H,8-11H2,1-3H3,(H,31,38)(H,40,41,42)/b33-32+,35-29-. The van der Waals surface area contributed by atoms with Crippen LogP contribution in [-0.2, 0) is 14.9 Å². The van der Waals surface area contributed by atoms with Crippen LogP contribution >= 0.6 is 0 Å². The number of carbonyl (C=O) groups is 2. The van der Waals surface area contributed by atoms with Crippen LogP contribution in [0.2, 0.25) is 0 Å². The van der Waals surface area contributed by atoms with Crippen molar-refractivity contribution in [1.82, 2.24) is 0 Å². The summed E-state index contributed by atoms with van der Waals surface area (Å²) >= 11 is 0. The van der Waals surface area contributed by atoms with Gasteiger partial charge in [0.15, 0.2) is 5.71 Å². The lowest BCUT2D eigenvalue weighted by atomic mass is 9.94. The maximum Gasteiger partial charge on any atom is 0.296 e. The number of hydrazone groups is 1. The topological polar surface area (TPSA) is 227 Å². The molecule has 0 saturated heterocycles. The van der Waals surface area contributed by atoms with E-state index >= 15 is 0 Å². The van der Waals surface area contributed by atoms with E-state index in [0.717, 1.165) is 6.08 Å². The van der Waals surface area contributed by atoms with Gasteiger partial charge in [0.2, 0.25) is 11.7 Å². The molecule has 3 aromatic carbocycles. The minimum atomic E-state index is -4.95. The zero-order valence-electron chi connectivity index (χ0n) is 25.4. The molecular weight excluding hydrogens is 638 g/mol. The highest BCUT2D eigenvalue weighted by atomic mass is 32.2. The van der Waals surface area contributed by atoms with Crippen LogP contribution < -0.4 is 29.7 Å². The van der Waals surface area contributed by atoms with Gasteiger partial charge in [-0.15, -0.1) is 10.2 Å². The molecular formula is C30H31N5O11S. The number of methoxy groups -OCH3 is 2. The van der Waals surface area contributed by atoms with Gasteiger partial charge in [-0.05, 0) is 42.0 Å². The average molecular weight is 670 g/mol. The Balaban J connectivity index is 1.72. The van der Waals surface area contributed by atoms with Gasteiger partial charge in [-0.25, -0.2) is 0 Å². The van der Waals surface area contributed by atoms with Gasteiger partial charge in [0, 0.05) is 36.4 Å². The molecule has 5 N–H and O–H groups in total. The number of nitrogens with one attached hydrogen (secondary N) is 2. The summed E-state index contributed by atoms with van der Waals surface area (Å²) in [7, 11) is -2.14. The van der Waals surface area contributed by atoms with Crippen molar-refractivity contribution in [2.24, 2.45) is 15.3 Å². The number of rotatable bonds is 14. The molecule has 17 heteroatoms. The Kier molecular flexibility index (Phi) is 11.2. The first-order valence-corrected chi connectivity index (χ1v) is 15.2. The van der Waals surface area contributed by atoms with Crippen LogP contribution in [0.4, 0.5) is 22.7 Å². The fraction of sp³-hybridized carbons (Fsp3) is 0.233. The zero-order valence-corrected chi connectivity index (χ0v) is 26.2. The molecule has 248 valence electrons. The molecule has 3 aromatic rings. The zero-order chi connectivity index (χ0) is 34.1. The second-order valence-corrected chi connectivity index (χ2v) is 11.0. The van der Waals surface area contributed by atoms with Gasteiger partial charge < -0.3 is 34.5 Å². The van der Waals surface area contributed by atoms with Gasteiger partial charge in [0.1, 0.15) is 58.2 Å². The number of allylic oxidation sites excluding steroid dienone is 1. The maximum atomic E-state index is 13.4. The van der Waals surface area contributed by atoms with Crippen molar-refractivity contribution in [2.45, 2.75) is 6.92 Å². The van der Waals surface area contributed by atoms with E-state index in [1.807, 2.05) is 0 Å². The van der Waals surface area contributed by atoms with Gasteiger partial charge in [0.25, 0.3) is 10.1 Å². The molecule has 0 atom stereocenters. The number of amides is 1. The molecule has 0 radical (unpaired) electrons. The first-order valence-electron chi connectivity index (χ1n) is 13.8. The Labute approximate surface area is 269 Å². The molecule has 0 unspecified atom stereocenters. The molecule has 0 spiro atoms. The normalized spacial score (nSPS) is 13.6. The van der Waals surface area contributed by atoms with Gasteiger partial charge in [-0.1, -0.05) is 0 Å². The smallest absolute Gasteiger partial charge is 0.296 e. The van der Waals surface area contributed by atoms with E-state index < -0.39 is 26.5 Å². The molecule has 0 heterocycles. The third-order valence-electron chi connectivity index (χ3n) is 6.32. The molecule has 47 heavy (non-hydrogen) atoms. The van der Waals surface area contributed by atoms with Crippen LogP contribution in [0.1, 0.15) is 22.8 Å². The summed E-state index contributed by atoms with van der Waals surface area (Å²) in [6.45, 7) is 0.711. The van der Waals surface area contributed by atoms with Gasteiger partial charge >= 0.3 is 0 Å². The fourth-order valence-electron chi connectivity index (χ4n) is 4.29. The lowest BCUT2D eigenvalue weighted by Gasteiger charge is -2.18. The lowest BCUT2D eigenvalue weighted by molar-refractivity contribution is -0.114. The SMILES string of the molecule is COc1cc(OCCO)ccc1/N=N/c1cc(OCCO)c(N/N=C2\C(=O)c3ccc(NC(C)=O)cc3C=C2S(=O)(=O)O)cc1OC. The number of nitrogens with zero attached hydrogens (tertiary/aromatic N) is 3. The van der Waals surface area contributed by atoms with Crippen LogP contribution in [-0.4, -0.2) is 81.2 Å². The summed E-state index contributed by atoms with van der Waals surface area (Å²) in [5.74, 6) is -0.190. The highest BCUT2D eigenvalue weighted by molar-refractivity contribution is 7.91. The van der Waals surface area contributed by atoms with Crippen LogP contribution in [0.15, 0.2) is 68.8 Å². The number of carbonyl (C=O) groups excluding carboxylic acids is 2. The predicted octanol–water partition coefficient (Wildman–Crippen LogP) is 3.71. The van der Waals surface area contributed by atoms with E-state index in [-0.39, 0.29) is 66.3 Å². The van der Waals surface area contributed by atoms with Crippen molar-refractivity contribution in [1.29, 1.82) is 0 Å². The number of hydrogen-bond acceptors (Lipinski definition) is 14. The predicted molar refractivity (Wildman–Crippen MR) is 171 cm³/mol. The Morgan fingerprint density at radius 2 is 1.55 bits per heavy atom. The summed E-state index contributed by atoms with van der Waals surface area (Å²) in [5.41, 5.74) is 3.09. The van der Waals surface area contributed by atoms with Gasteiger partial charge in [0.05, 0.1) is 27.4 Å². The van der Waals surface area contributed by atoms with E-state index in [9.17, 15) is 27.7 Å². The van der Waals surface area contributed by atoms with Crippen molar-refractivity contribution in [3.63, 3.8) is 0 Å². The van der Waals surface area contributed by atoms with Crippen molar-refractivity contribution in [2.75, 3.05) is 51.4 Å². The average Bonchev–Trinajstić information content (AvgIpc) is 3.04. The van der Waals surface area contributed by atoms with E-state index in [1.165, 1.54) is 51.5 Å². The van der Waals surface area contributed by atoms with Crippen molar-refractivity contribution >= 4 is 56.3 Å². The third-order valence-corrected chi connectivity index (χ3v) is 7.19. The van der Waals surface area contributed by atoms with E-state index in [1.54, 1.807) is 18.2 Å². The number of ketones is 1. The van der Waals surface area contributed by atoms with Crippen LogP contribution in [0.5, 0.6) is 23.0 Å². The number of fused-ring (bicyclic) bond motifs is 1. The van der Waals surface area contributed by atoms with Gasteiger partial charge in [-0.3, -0.25) is 19.6 Å². The van der Waals surface area contributed by atoms with E-state index in [0.29, 0.717) is 22.9 Å². The minimum absolute atomic E-state index is 0.0684. The highest BCUT2D eigenvalue weighted by Crippen LogP contribution is 2.40. The summed E-state index contributed by atoms with van der Waals surface area (Å²) in [5, 5.41) is 33.4. The Bertz CT molecular complexity index is 1870. The Morgan fingerprint density at radius 1 is 0.872 bits per heavy atom. The summed E-state index contributed by atoms with van der Waals surface area (Å²) in [4.78, 5) is 24.1. The molecule has 0 bridgehead atoms. The lowest BCUT2D eigenvalue weighted by Crippen LogP contribution is -2.27. The molecule has 0 aliphatic heterocycles. The van der Waals surface area contributed by atoms with Crippen molar-refractivity contribution in [3.8, 4) is 23.0 Å².